The van der Waals surface area contributed by atoms with Crippen LogP contribution >= 0.6 is 0 Å². The number of anilines is 1. The van der Waals surface area contributed by atoms with Gasteiger partial charge in [0.05, 0.1) is 0 Å². The fourth-order valence-electron chi connectivity index (χ4n) is 3.04. The van der Waals surface area contributed by atoms with Crippen LogP contribution in [-0.2, 0) is 20.7 Å². The van der Waals surface area contributed by atoms with E-state index in [0.717, 1.165) is 17.7 Å². The Morgan fingerprint density at radius 1 is 1.12 bits per heavy atom. The second-order valence-electron chi connectivity index (χ2n) is 6.12. The molecule has 1 aliphatic rings. The number of hydrogen-bond donors (Lipinski definition) is 0. The molecule has 2 aromatic carbocycles. The molecule has 5 nitrogen and oxygen atoms in total. The first kappa shape index (κ1) is 17.0. The van der Waals surface area contributed by atoms with Crippen LogP contribution in [0.5, 0.6) is 5.75 Å². The Kier molecular flexibility index (Phi) is 5.03. The number of amides is 1. The number of hydrogen-bond acceptors (Lipinski definition) is 4. The van der Waals surface area contributed by atoms with Gasteiger partial charge in [0, 0.05) is 11.7 Å². The van der Waals surface area contributed by atoms with E-state index in [4.69, 9.17) is 9.47 Å². The minimum absolute atomic E-state index is 0.0478. The maximum atomic E-state index is 12.7. The van der Waals surface area contributed by atoms with E-state index < -0.39 is 12.1 Å². The van der Waals surface area contributed by atoms with Crippen molar-refractivity contribution in [3.8, 4) is 5.75 Å². The van der Waals surface area contributed by atoms with Crippen LogP contribution in [0.2, 0.25) is 0 Å². The number of carbonyl (C=O) groups is 2. The molecule has 0 saturated carbocycles. The fraction of sp³-hybridized carbons (Fsp3) is 0.300. The zero-order valence-corrected chi connectivity index (χ0v) is 14.3. The molecule has 0 radical (unpaired) electrons. The molecule has 25 heavy (non-hydrogen) atoms. The summed E-state index contributed by atoms with van der Waals surface area (Å²) >= 11 is 0. The van der Waals surface area contributed by atoms with E-state index in [-0.39, 0.29) is 18.6 Å². The van der Waals surface area contributed by atoms with E-state index in [1.165, 1.54) is 0 Å². The summed E-state index contributed by atoms with van der Waals surface area (Å²) < 4.78 is 10.6. The summed E-state index contributed by atoms with van der Waals surface area (Å²) in [6, 6.07) is 16.9. The first-order chi connectivity index (χ1) is 12.1. The minimum Gasteiger partial charge on any atom is -0.482 e. The number of benzene rings is 2. The van der Waals surface area contributed by atoms with E-state index in [0.29, 0.717) is 5.75 Å². The summed E-state index contributed by atoms with van der Waals surface area (Å²) in [7, 11) is 0. The summed E-state index contributed by atoms with van der Waals surface area (Å²) in [5.41, 5.74) is 2.03. The molecule has 2 aromatic rings. The molecule has 0 aromatic heterocycles. The predicted octanol–water partition coefficient (Wildman–Crippen LogP) is 2.97. The van der Waals surface area contributed by atoms with Crippen LogP contribution in [0.1, 0.15) is 19.4 Å². The molecule has 0 fully saturated rings. The quantitative estimate of drug-likeness (QED) is 0.786. The van der Waals surface area contributed by atoms with Crippen molar-refractivity contribution < 1.29 is 19.1 Å². The van der Waals surface area contributed by atoms with Gasteiger partial charge >= 0.3 is 5.97 Å². The molecule has 1 aliphatic heterocycles. The summed E-state index contributed by atoms with van der Waals surface area (Å²) in [6.07, 6.45) is -0.0554. The van der Waals surface area contributed by atoms with Crippen molar-refractivity contribution >= 4 is 17.6 Å². The lowest BCUT2D eigenvalue weighted by atomic mass is 10.1. The van der Waals surface area contributed by atoms with Crippen molar-refractivity contribution in [1.82, 2.24) is 0 Å². The number of carbonyl (C=O) groups excluding carboxylic acids is 2. The van der Waals surface area contributed by atoms with Gasteiger partial charge in [-0.15, -0.1) is 0 Å². The third-order valence-electron chi connectivity index (χ3n) is 4.20. The third kappa shape index (κ3) is 3.82. The van der Waals surface area contributed by atoms with Gasteiger partial charge in [0.2, 0.25) is 0 Å². The Bertz CT molecular complexity index is 759. The van der Waals surface area contributed by atoms with Gasteiger partial charge < -0.3 is 14.4 Å². The summed E-state index contributed by atoms with van der Waals surface area (Å²) in [4.78, 5) is 26.4. The number of para-hydroxylation sites is 2. The van der Waals surface area contributed by atoms with E-state index >= 15 is 0 Å². The molecule has 2 atom stereocenters. The number of rotatable bonds is 5. The maximum Gasteiger partial charge on any atom is 0.344 e. The second kappa shape index (κ2) is 7.38. The van der Waals surface area contributed by atoms with Gasteiger partial charge in [-0.25, -0.2) is 4.79 Å². The highest BCUT2D eigenvalue weighted by molar-refractivity contribution is 5.99. The molecular formula is C20H21NO4. The van der Waals surface area contributed by atoms with Crippen molar-refractivity contribution in [1.29, 1.82) is 0 Å². The van der Waals surface area contributed by atoms with E-state index in [1.54, 1.807) is 24.0 Å². The van der Waals surface area contributed by atoms with Crippen LogP contribution in [0.4, 0.5) is 5.69 Å². The van der Waals surface area contributed by atoms with Gasteiger partial charge in [0.25, 0.3) is 5.91 Å². The molecule has 0 aliphatic carbocycles. The van der Waals surface area contributed by atoms with Gasteiger partial charge in [0.1, 0.15) is 5.75 Å². The second-order valence-corrected chi connectivity index (χ2v) is 6.12. The first-order valence-electron chi connectivity index (χ1n) is 8.34. The molecule has 0 saturated heterocycles. The monoisotopic (exact) mass is 339 g/mol. The predicted molar refractivity (Wildman–Crippen MR) is 94.6 cm³/mol. The molecule has 0 N–H and O–H groups in total. The topological polar surface area (TPSA) is 55.8 Å². The van der Waals surface area contributed by atoms with Crippen LogP contribution in [0.3, 0.4) is 0 Å². The van der Waals surface area contributed by atoms with E-state index in [2.05, 4.69) is 0 Å². The molecule has 130 valence electrons. The lowest BCUT2D eigenvalue weighted by molar-refractivity contribution is -0.155. The minimum atomic E-state index is -0.861. The summed E-state index contributed by atoms with van der Waals surface area (Å²) in [5.74, 6) is -0.198. The van der Waals surface area contributed by atoms with Crippen LogP contribution in [0.25, 0.3) is 0 Å². The van der Waals surface area contributed by atoms with Gasteiger partial charge in [-0.1, -0.05) is 36.4 Å². The lowest BCUT2D eigenvalue weighted by Crippen LogP contribution is -2.43. The van der Waals surface area contributed by atoms with Crippen molar-refractivity contribution in [3.63, 3.8) is 0 Å². The molecule has 0 bridgehead atoms. The van der Waals surface area contributed by atoms with Crippen molar-refractivity contribution in [2.24, 2.45) is 0 Å². The maximum absolute atomic E-state index is 12.7. The largest absolute Gasteiger partial charge is 0.482 e. The van der Waals surface area contributed by atoms with E-state index in [9.17, 15) is 9.59 Å². The molecular weight excluding hydrogens is 318 g/mol. The highest BCUT2D eigenvalue weighted by Gasteiger charge is 2.34. The number of fused-ring (bicyclic) bond motifs is 1. The Labute approximate surface area is 147 Å². The SMILES string of the molecule is C[C@H](OC(=O)COc1ccccc1)C(=O)N1c2ccccc2C[C@@H]1C. The van der Waals surface area contributed by atoms with Crippen molar-refractivity contribution in [2.75, 3.05) is 11.5 Å². The van der Waals surface area contributed by atoms with Gasteiger partial charge in [-0.05, 0) is 44.0 Å². The van der Waals surface area contributed by atoms with Crippen LogP contribution < -0.4 is 9.64 Å². The van der Waals surface area contributed by atoms with Crippen LogP contribution in [0, 0.1) is 0 Å². The zero-order valence-electron chi connectivity index (χ0n) is 14.3. The number of nitrogens with zero attached hydrogens (tertiary/aromatic N) is 1. The Morgan fingerprint density at radius 3 is 2.56 bits per heavy atom. The van der Waals surface area contributed by atoms with Crippen LogP contribution in [-0.4, -0.2) is 30.6 Å². The summed E-state index contributed by atoms with van der Waals surface area (Å²) in [6.45, 7) is 3.36. The molecule has 5 heteroatoms. The fourth-order valence-corrected chi connectivity index (χ4v) is 3.04. The smallest absolute Gasteiger partial charge is 0.344 e. The third-order valence-corrected chi connectivity index (χ3v) is 4.20. The Balaban J connectivity index is 1.58. The van der Waals surface area contributed by atoms with Gasteiger partial charge in [-0.3, -0.25) is 4.79 Å². The molecule has 3 rings (SSSR count). The molecule has 0 unspecified atom stereocenters. The number of esters is 1. The highest BCUT2D eigenvalue weighted by atomic mass is 16.6. The average molecular weight is 339 g/mol. The highest BCUT2D eigenvalue weighted by Crippen LogP contribution is 2.32. The lowest BCUT2D eigenvalue weighted by Gasteiger charge is -2.25. The number of ether oxygens (including phenoxy) is 2. The summed E-state index contributed by atoms with van der Waals surface area (Å²) in [5, 5.41) is 0. The van der Waals surface area contributed by atoms with E-state index in [1.807, 2.05) is 49.4 Å². The Morgan fingerprint density at radius 2 is 1.80 bits per heavy atom. The van der Waals surface area contributed by atoms with Crippen molar-refractivity contribution in [2.45, 2.75) is 32.4 Å². The zero-order chi connectivity index (χ0) is 17.8. The van der Waals surface area contributed by atoms with Crippen molar-refractivity contribution in [3.05, 3.63) is 60.2 Å². The average Bonchev–Trinajstić information content (AvgIpc) is 2.96. The first-order valence-corrected chi connectivity index (χ1v) is 8.34. The molecule has 1 amide bonds. The normalized spacial score (nSPS) is 16.9. The molecule has 0 spiro atoms. The van der Waals surface area contributed by atoms with Gasteiger partial charge in [-0.2, -0.15) is 0 Å². The molecule has 1 heterocycles. The van der Waals surface area contributed by atoms with Gasteiger partial charge in [0.15, 0.2) is 12.7 Å². The standard InChI is InChI=1S/C20H21NO4/c1-14-12-16-8-6-7-11-18(16)21(14)20(23)15(2)25-19(22)13-24-17-9-4-3-5-10-17/h3-11,14-15H,12-13H2,1-2H3/t14-,15-/m0/s1. The Hall–Kier alpha value is -2.82. The van der Waals surface area contributed by atoms with Crippen LogP contribution in [0.15, 0.2) is 54.6 Å².